The van der Waals surface area contributed by atoms with Crippen LogP contribution in [0.3, 0.4) is 0 Å². The number of aryl methyl sites for hydroxylation is 1. The van der Waals surface area contributed by atoms with Gasteiger partial charge in [0.05, 0.1) is 0 Å². The number of nitrogen functional groups attached to an aromatic ring is 1. The van der Waals surface area contributed by atoms with E-state index in [-0.39, 0.29) is 23.3 Å². The van der Waals surface area contributed by atoms with Gasteiger partial charge in [-0.3, -0.25) is 14.5 Å². The standard InChI is InChI=1S/C17H23N5O2/c1-11-6-4-5-7-12(11)16(22(2)3)17(24)19-9-8-14-20-13(18)10-15(23)21-14/h4-7,10,16H,8-9H2,1-3H3,(H,19,24)(H3,18,20,21,23). The molecule has 2 aromatic rings. The average Bonchev–Trinajstić information content (AvgIpc) is 2.48. The van der Waals surface area contributed by atoms with Crippen LogP contribution in [0.1, 0.15) is 23.0 Å². The number of anilines is 1. The van der Waals surface area contributed by atoms with Gasteiger partial charge in [-0.15, -0.1) is 0 Å². The molecule has 1 heterocycles. The van der Waals surface area contributed by atoms with Crippen molar-refractivity contribution in [2.24, 2.45) is 0 Å². The Morgan fingerprint density at radius 3 is 2.71 bits per heavy atom. The zero-order valence-corrected chi connectivity index (χ0v) is 14.2. The van der Waals surface area contributed by atoms with Crippen molar-refractivity contribution >= 4 is 11.7 Å². The Morgan fingerprint density at radius 2 is 2.08 bits per heavy atom. The Balaban J connectivity index is 2.04. The van der Waals surface area contributed by atoms with Gasteiger partial charge in [0.25, 0.3) is 5.56 Å². The fraction of sp³-hybridized carbons (Fsp3) is 0.353. The third kappa shape index (κ3) is 4.42. The first-order valence-corrected chi connectivity index (χ1v) is 7.74. The summed E-state index contributed by atoms with van der Waals surface area (Å²) in [7, 11) is 3.74. The number of H-pyrrole nitrogens is 1. The van der Waals surface area contributed by atoms with Gasteiger partial charge in [-0.2, -0.15) is 0 Å². The van der Waals surface area contributed by atoms with Gasteiger partial charge in [0, 0.05) is 19.0 Å². The number of carbonyl (C=O) groups excluding carboxylic acids is 1. The lowest BCUT2D eigenvalue weighted by Crippen LogP contribution is -2.38. The molecule has 0 radical (unpaired) electrons. The van der Waals surface area contributed by atoms with Crippen LogP contribution in [-0.4, -0.2) is 41.4 Å². The van der Waals surface area contributed by atoms with Crippen LogP contribution in [0.25, 0.3) is 0 Å². The Hall–Kier alpha value is -2.67. The second-order valence-corrected chi connectivity index (χ2v) is 5.88. The van der Waals surface area contributed by atoms with Crippen LogP contribution in [-0.2, 0) is 11.2 Å². The molecule has 0 saturated carbocycles. The van der Waals surface area contributed by atoms with E-state index in [9.17, 15) is 9.59 Å². The summed E-state index contributed by atoms with van der Waals surface area (Å²) in [6, 6.07) is 8.66. The van der Waals surface area contributed by atoms with Crippen molar-refractivity contribution in [1.29, 1.82) is 0 Å². The first-order chi connectivity index (χ1) is 11.4. The van der Waals surface area contributed by atoms with Crippen LogP contribution in [0.4, 0.5) is 5.82 Å². The van der Waals surface area contributed by atoms with E-state index in [1.54, 1.807) is 0 Å². The maximum Gasteiger partial charge on any atom is 0.252 e. The molecule has 7 nitrogen and oxygen atoms in total. The third-order valence-corrected chi connectivity index (χ3v) is 3.72. The Morgan fingerprint density at radius 1 is 1.38 bits per heavy atom. The van der Waals surface area contributed by atoms with E-state index in [2.05, 4.69) is 15.3 Å². The summed E-state index contributed by atoms with van der Waals surface area (Å²) in [5, 5.41) is 2.89. The zero-order chi connectivity index (χ0) is 17.7. The molecular weight excluding hydrogens is 306 g/mol. The highest BCUT2D eigenvalue weighted by Gasteiger charge is 2.23. The minimum Gasteiger partial charge on any atom is -0.383 e. The van der Waals surface area contributed by atoms with Crippen molar-refractivity contribution in [3.8, 4) is 0 Å². The molecule has 1 aromatic carbocycles. The Bertz CT molecular complexity index is 770. The van der Waals surface area contributed by atoms with Crippen molar-refractivity contribution in [2.75, 3.05) is 26.4 Å². The van der Waals surface area contributed by atoms with Crippen molar-refractivity contribution < 1.29 is 4.79 Å². The summed E-state index contributed by atoms with van der Waals surface area (Å²) in [4.78, 5) is 32.5. The van der Waals surface area contributed by atoms with Gasteiger partial charge in [0.1, 0.15) is 17.7 Å². The average molecular weight is 329 g/mol. The topological polar surface area (TPSA) is 104 Å². The monoisotopic (exact) mass is 329 g/mol. The smallest absolute Gasteiger partial charge is 0.252 e. The number of aromatic amines is 1. The summed E-state index contributed by atoms with van der Waals surface area (Å²) in [6.45, 7) is 2.35. The second kappa shape index (κ2) is 7.74. The number of carbonyl (C=O) groups is 1. The molecule has 0 saturated heterocycles. The summed E-state index contributed by atoms with van der Waals surface area (Å²) in [5.74, 6) is 0.532. The van der Waals surface area contributed by atoms with Gasteiger partial charge in [-0.05, 0) is 32.1 Å². The van der Waals surface area contributed by atoms with Crippen molar-refractivity contribution in [3.63, 3.8) is 0 Å². The molecule has 4 N–H and O–H groups in total. The van der Waals surface area contributed by atoms with Gasteiger partial charge in [0.15, 0.2) is 0 Å². The lowest BCUT2D eigenvalue weighted by atomic mass is 10.00. The summed E-state index contributed by atoms with van der Waals surface area (Å²) < 4.78 is 0. The van der Waals surface area contributed by atoms with Gasteiger partial charge in [-0.25, -0.2) is 4.98 Å². The number of nitrogens with one attached hydrogen (secondary N) is 2. The first kappa shape index (κ1) is 17.7. The molecule has 1 aromatic heterocycles. The van der Waals surface area contributed by atoms with Crippen LogP contribution in [0.5, 0.6) is 0 Å². The minimum absolute atomic E-state index is 0.0967. The molecule has 0 spiro atoms. The highest BCUT2D eigenvalue weighted by Crippen LogP contribution is 2.21. The van der Waals surface area contributed by atoms with Crippen LogP contribution in [0, 0.1) is 6.92 Å². The molecule has 7 heteroatoms. The Kier molecular flexibility index (Phi) is 5.70. The third-order valence-electron chi connectivity index (χ3n) is 3.72. The van der Waals surface area contributed by atoms with Gasteiger partial charge < -0.3 is 16.0 Å². The van der Waals surface area contributed by atoms with E-state index >= 15 is 0 Å². The molecule has 0 aliphatic carbocycles. The van der Waals surface area contributed by atoms with Gasteiger partial charge >= 0.3 is 0 Å². The Labute approximate surface area is 140 Å². The predicted molar refractivity (Wildman–Crippen MR) is 93.6 cm³/mol. The van der Waals surface area contributed by atoms with Gasteiger partial charge in [-0.1, -0.05) is 24.3 Å². The SMILES string of the molecule is Cc1ccccc1C(C(=O)NCCc1nc(N)cc(=O)[nH]1)N(C)C. The molecule has 1 amide bonds. The number of nitrogens with zero attached hydrogens (tertiary/aromatic N) is 2. The number of hydrogen-bond donors (Lipinski definition) is 3. The number of likely N-dealkylation sites (N-methyl/N-ethyl adjacent to an activating group) is 1. The first-order valence-electron chi connectivity index (χ1n) is 7.74. The summed E-state index contributed by atoms with van der Waals surface area (Å²) in [5.41, 5.74) is 7.28. The molecule has 24 heavy (non-hydrogen) atoms. The van der Waals surface area contributed by atoms with Gasteiger partial charge in [0.2, 0.25) is 5.91 Å². The maximum absolute atomic E-state index is 12.6. The van der Waals surface area contributed by atoms with Crippen LogP contribution >= 0.6 is 0 Å². The van der Waals surface area contributed by atoms with E-state index in [4.69, 9.17) is 5.73 Å². The highest BCUT2D eigenvalue weighted by molar-refractivity contribution is 5.83. The predicted octanol–water partition coefficient (Wildman–Crippen LogP) is 0.622. The molecule has 0 bridgehead atoms. The van der Waals surface area contributed by atoms with E-state index in [1.807, 2.05) is 50.2 Å². The number of amides is 1. The quantitative estimate of drug-likeness (QED) is 0.721. The van der Waals surface area contributed by atoms with Crippen LogP contribution < -0.4 is 16.6 Å². The second-order valence-electron chi connectivity index (χ2n) is 5.88. The molecule has 2 rings (SSSR count). The normalized spacial score (nSPS) is 12.2. The maximum atomic E-state index is 12.6. The molecule has 0 aliphatic rings. The van der Waals surface area contributed by atoms with E-state index in [0.29, 0.717) is 18.8 Å². The number of hydrogen-bond acceptors (Lipinski definition) is 5. The van der Waals surface area contributed by atoms with E-state index in [0.717, 1.165) is 11.1 Å². The molecule has 0 aliphatic heterocycles. The van der Waals surface area contributed by atoms with Crippen molar-refractivity contribution in [3.05, 3.63) is 57.6 Å². The number of nitrogens with two attached hydrogens (primary N) is 1. The largest absolute Gasteiger partial charge is 0.383 e. The van der Waals surface area contributed by atoms with E-state index < -0.39 is 0 Å². The molecule has 0 fully saturated rings. The molecule has 128 valence electrons. The molecule has 1 atom stereocenters. The number of rotatable bonds is 6. The minimum atomic E-state index is -0.376. The molecular formula is C17H23N5O2. The highest BCUT2D eigenvalue weighted by atomic mass is 16.2. The number of benzene rings is 1. The fourth-order valence-corrected chi connectivity index (χ4v) is 2.60. The number of aromatic nitrogens is 2. The van der Waals surface area contributed by atoms with E-state index in [1.165, 1.54) is 6.07 Å². The van der Waals surface area contributed by atoms with Crippen molar-refractivity contribution in [2.45, 2.75) is 19.4 Å². The zero-order valence-electron chi connectivity index (χ0n) is 14.2. The lowest BCUT2D eigenvalue weighted by molar-refractivity contribution is -0.125. The fourth-order valence-electron chi connectivity index (χ4n) is 2.60. The molecule has 1 unspecified atom stereocenters. The van der Waals surface area contributed by atoms with Crippen LogP contribution in [0.2, 0.25) is 0 Å². The summed E-state index contributed by atoms with van der Waals surface area (Å²) in [6.07, 6.45) is 0.403. The lowest BCUT2D eigenvalue weighted by Gasteiger charge is -2.25. The van der Waals surface area contributed by atoms with Crippen LogP contribution in [0.15, 0.2) is 35.1 Å². The summed E-state index contributed by atoms with van der Waals surface area (Å²) >= 11 is 0. The van der Waals surface area contributed by atoms with Crippen molar-refractivity contribution in [1.82, 2.24) is 20.2 Å².